The highest BCUT2D eigenvalue weighted by Gasteiger charge is 2.44. The third-order valence-electron chi connectivity index (χ3n) is 4.26. The van der Waals surface area contributed by atoms with Gasteiger partial charge in [-0.1, -0.05) is 54.6 Å². The number of carbonyl (C=O) groups excluding carboxylic acids is 2. The van der Waals surface area contributed by atoms with Crippen LogP contribution in [-0.4, -0.2) is 23.8 Å². The number of hydrogen-bond donors (Lipinski definition) is 2. The van der Waals surface area contributed by atoms with E-state index in [0.29, 0.717) is 12.0 Å². The zero-order valence-electron chi connectivity index (χ0n) is 12.2. The minimum Gasteiger partial charge on any atom is -0.368 e. The molecule has 3 N–H and O–H groups in total. The number of benzene rings is 2. The van der Waals surface area contributed by atoms with Gasteiger partial charge < -0.3 is 11.1 Å². The molecule has 4 heteroatoms. The van der Waals surface area contributed by atoms with E-state index in [9.17, 15) is 9.59 Å². The van der Waals surface area contributed by atoms with E-state index in [4.69, 9.17) is 5.73 Å². The molecule has 4 nitrogen and oxygen atoms in total. The summed E-state index contributed by atoms with van der Waals surface area (Å²) >= 11 is 0. The summed E-state index contributed by atoms with van der Waals surface area (Å²) in [4.78, 5) is 24.3. The van der Waals surface area contributed by atoms with Gasteiger partial charge in [-0.2, -0.15) is 0 Å². The lowest BCUT2D eigenvalue weighted by Gasteiger charge is -2.39. The zero-order valence-corrected chi connectivity index (χ0v) is 12.2. The summed E-state index contributed by atoms with van der Waals surface area (Å²) in [5.41, 5.74) is 7.08. The van der Waals surface area contributed by atoms with Gasteiger partial charge >= 0.3 is 0 Å². The molecule has 1 saturated heterocycles. The van der Waals surface area contributed by atoms with E-state index in [-0.39, 0.29) is 12.2 Å². The van der Waals surface area contributed by atoms with Crippen molar-refractivity contribution in [2.75, 3.05) is 6.54 Å². The van der Waals surface area contributed by atoms with Crippen molar-refractivity contribution in [1.82, 2.24) is 5.32 Å². The average molecular weight is 294 g/mol. The smallest absolute Gasteiger partial charge is 0.238 e. The Morgan fingerprint density at radius 1 is 1.05 bits per heavy atom. The number of nitrogens with one attached hydrogen (secondary N) is 1. The molecule has 0 aliphatic carbocycles. The molecular weight excluding hydrogens is 276 g/mol. The number of amides is 1. The fourth-order valence-electron chi connectivity index (χ4n) is 2.84. The molecule has 0 spiro atoms. The first-order valence-corrected chi connectivity index (χ1v) is 7.35. The lowest BCUT2D eigenvalue weighted by Crippen LogP contribution is -2.65. The second-order valence-corrected chi connectivity index (χ2v) is 5.63. The monoisotopic (exact) mass is 294 g/mol. The largest absolute Gasteiger partial charge is 0.368 e. The summed E-state index contributed by atoms with van der Waals surface area (Å²) in [5.74, 6) is -0.519. The van der Waals surface area contributed by atoms with Gasteiger partial charge in [-0.05, 0) is 24.1 Å². The minimum absolute atomic E-state index is 0.0644. The topological polar surface area (TPSA) is 72.2 Å². The van der Waals surface area contributed by atoms with Crippen molar-refractivity contribution in [2.24, 2.45) is 5.73 Å². The molecule has 1 fully saturated rings. The molecule has 1 unspecified atom stereocenters. The van der Waals surface area contributed by atoms with Gasteiger partial charge in [-0.15, -0.1) is 0 Å². The maximum Gasteiger partial charge on any atom is 0.238 e. The maximum atomic E-state index is 12.7. The first-order valence-electron chi connectivity index (χ1n) is 7.35. The van der Waals surface area contributed by atoms with Gasteiger partial charge in [0.05, 0.1) is 0 Å². The number of nitrogens with two attached hydrogens (primary N) is 1. The van der Waals surface area contributed by atoms with Crippen molar-refractivity contribution in [1.29, 1.82) is 0 Å². The summed E-state index contributed by atoms with van der Waals surface area (Å²) < 4.78 is 0. The van der Waals surface area contributed by atoms with Crippen LogP contribution >= 0.6 is 0 Å². The summed E-state index contributed by atoms with van der Waals surface area (Å²) in [7, 11) is 0. The third kappa shape index (κ3) is 2.53. The van der Waals surface area contributed by atoms with Gasteiger partial charge in [0.1, 0.15) is 5.54 Å². The van der Waals surface area contributed by atoms with Crippen LogP contribution in [0.25, 0.3) is 11.1 Å². The molecule has 0 bridgehead atoms. The van der Waals surface area contributed by atoms with Crippen LogP contribution in [0.4, 0.5) is 0 Å². The molecule has 1 aliphatic heterocycles. The Hall–Kier alpha value is -2.46. The molecule has 1 heterocycles. The van der Waals surface area contributed by atoms with E-state index in [1.54, 1.807) is 6.07 Å². The van der Waals surface area contributed by atoms with Crippen LogP contribution in [0.5, 0.6) is 0 Å². The van der Waals surface area contributed by atoms with E-state index in [1.807, 2.05) is 48.5 Å². The molecule has 1 atom stereocenters. The van der Waals surface area contributed by atoms with Crippen LogP contribution in [0.2, 0.25) is 0 Å². The molecule has 3 rings (SSSR count). The van der Waals surface area contributed by atoms with Crippen molar-refractivity contribution in [3.63, 3.8) is 0 Å². The summed E-state index contributed by atoms with van der Waals surface area (Å²) in [6, 6.07) is 17.2. The molecule has 2 aromatic rings. The Kier molecular flexibility index (Phi) is 3.77. The Balaban J connectivity index is 1.92. The molecule has 22 heavy (non-hydrogen) atoms. The molecular formula is C18H18N2O2. The Bertz CT molecular complexity index is 706. The average Bonchev–Trinajstić information content (AvgIpc) is 2.51. The standard InChI is InChI=1S/C18H18N2O2/c19-17(22)18(10-11-20-18)12-16(21)15-9-5-4-8-14(15)13-6-2-1-3-7-13/h1-9,20H,10-12H2,(H2,19,22). The van der Waals surface area contributed by atoms with Crippen LogP contribution < -0.4 is 11.1 Å². The highest BCUT2D eigenvalue weighted by Crippen LogP contribution is 2.29. The van der Waals surface area contributed by atoms with E-state index in [1.165, 1.54) is 0 Å². The van der Waals surface area contributed by atoms with E-state index in [0.717, 1.165) is 17.7 Å². The summed E-state index contributed by atoms with van der Waals surface area (Å²) in [6.45, 7) is 0.719. The highest BCUT2D eigenvalue weighted by molar-refractivity contribution is 6.05. The SMILES string of the molecule is NC(=O)C1(CC(=O)c2ccccc2-c2ccccc2)CCN1. The highest BCUT2D eigenvalue weighted by atomic mass is 16.2. The Morgan fingerprint density at radius 3 is 2.27 bits per heavy atom. The van der Waals surface area contributed by atoms with Gasteiger partial charge in [0.15, 0.2) is 5.78 Å². The number of primary amides is 1. The number of ketones is 1. The van der Waals surface area contributed by atoms with Gasteiger partial charge in [-0.25, -0.2) is 0 Å². The molecule has 0 aromatic heterocycles. The van der Waals surface area contributed by atoms with Crippen molar-refractivity contribution in [2.45, 2.75) is 18.4 Å². The first-order chi connectivity index (χ1) is 10.6. The number of carbonyl (C=O) groups is 2. The second kappa shape index (κ2) is 5.73. The Morgan fingerprint density at radius 2 is 1.68 bits per heavy atom. The predicted octanol–water partition coefficient (Wildman–Crippen LogP) is 2.14. The van der Waals surface area contributed by atoms with Gasteiger partial charge in [0.25, 0.3) is 0 Å². The van der Waals surface area contributed by atoms with Crippen LogP contribution in [-0.2, 0) is 4.79 Å². The second-order valence-electron chi connectivity index (χ2n) is 5.63. The van der Waals surface area contributed by atoms with Gasteiger partial charge in [-0.3, -0.25) is 9.59 Å². The van der Waals surface area contributed by atoms with Gasteiger partial charge in [0.2, 0.25) is 5.91 Å². The van der Waals surface area contributed by atoms with E-state index in [2.05, 4.69) is 5.32 Å². The molecule has 0 saturated carbocycles. The first kappa shape index (κ1) is 14.5. The quantitative estimate of drug-likeness (QED) is 0.830. The van der Waals surface area contributed by atoms with E-state index >= 15 is 0 Å². The molecule has 1 amide bonds. The summed E-state index contributed by atoms with van der Waals surface area (Å²) in [6.07, 6.45) is 0.716. The third-order valence-corrected chi connectivity index (χ3v) is 4.26. The van der Waals surface area contributed by atoms with Crippen molar-refractivity contribution < 1.29 is 9.59 Å². The van der Waals surface area contributed by atoms with Crippen LogP contribution in [0.3, 0.4) is 0 Å². The number of hydrogen-bond acceptors (Lipinski definition) is 3. The van der Waals surface area contributed by atoms with Crippen molar-refractivity contribution in [3.8, 4) is 11.1 Å². The lowest BCUT2D eigenvalue weighted by molar-refractivity contribution is -0.127. The van der Waals surface area contributed by atoms with Crippen molar-refractivity contribution >= 4 is 11.7 Å². The molecule has 0 radical (unpaired) electrons. The number of Topliss-reactive ketones (excluding diaryl/α,β-unsaturated/α-hetero) is 1. The summed E-state index contributed by atoms with van der Waals surface area (Å²) in [5, 5.41) is 3.02. The normalized spacial score (nSPS) is 20.2. The number of rotatable bonds is 5. The molecule has 112 valence electrons. The van der Waals surface area contributed by atoms with Crippen molar-refractivity contribution in [3.05, 3.63) is 60.2 Å². The van der Waals surface area contributed by atoms with E-state index < -0.39 is 11.4 Å². The molecule has 1 aliphatic rings. The van der Waals surface area contributed by atoms with Crippen LogP contribution in [0.15, 0.2) is 54.6 Å². The van der Waals surface area contributed by atoms with Crippen LogP contribution in [0, 0.1) is 0 Å². The minimum atomic E-state index is -0.874. The van der Waals surface area contributed by atoms with Crippen LogP contribution in [0.1, 0.15) is 23.2 Å². The Labute approximate surface area is 129 Å². The lowest BCUT2D eigenvalue weighted by atomic mass is 9.80. The fraction of sp³-hybridized carbons (Fsp3) is 0.222. The predicted molar refractivity (Wildman–Crippen MR) is 85.4 cm³/mol. The van der Waals surface area contributed by atoms with Gasteiger partial charge in [0, 0.05) is 12.0 Å². The zero-order chi connectivity index (χ0) is 15.6. The fourth-order valence-corrected chi connectivity index (χ4v) is 2.84. The molecule has 2 aromatic carbocycles. The maximum absolute atomic E-state index is 12.7.